The normalized spacial score (nSPS) is 16.2. The van der Waals surface area contributed by atoms with E-state index >= 15 is 0 Å². The predicted octanol–water partition coefficient (Wildman–Crippen LogP) is 1.86. The standard InChI is InChI=1S/C12H17N3O4S/c1-13-11-8-10(6-7-12(11)15(16)17)20(18,19)14-9-4-2-3-5-9/h6-9,13-14H,2-5H2,1H3. The molecule has 20 heavy (non-hydrogen) atoms. The molecule has 2 rings (SSSR count). The van der Waals surface area contributed by atoms with Gasteiger partial charge < -0.3 is 5.32 Å². The lowest BCUT2D eigenvalue weighted by molar-refractivity contribution is -0.384. The number of sulfonamides is 1. The third-order valence-corrected chi connectivity index (χ3v) is 4.94. The van der Waals surface area contributed by atoms with Crippen molar-refractivity contribution in [2.45, 2.75) is 36.6 Å². The second-order valence-electron chi connectivity index (χ2n) is 4.79. The van der Waals surface area contributed by atoms with Crippen LogP contribution in [0.4, 0.5) is 11.4 Å². The summed E-state index contributed by atoms with van der Waals surface area (Å²) in [5.74, 6) is 0. The van der Waals surface area contributed by atoms with Crippen molar-refractivity contribution >= 4 is 21.4 Å². The lowest BCUT2D eigenvalue weighted by Gasteiger charge is -2.13. The van der Waals surface area contributed by atoms with Crippen molar-refractivity contribution in [1.29, 1.82) is 0 Å². The highest BCUT2D eigenvalue weighted by Crippen LogP contribution is 2.27. The van der Waals surface area contributed by atoms with Crippen molar-refractivity contribution in [3.8, 4) is 0 Å². The molecule has 0 unspecified atom stereocenters. The van der Waals surface area contributed by atoms with E-state index in [-0.39, 0.29) is 22.3 Å². The average molecular weight is 299 g/mol. The van der Waals surface area contributed by atoms with Crippen LogP contribution in [0.25, 0.3) is 0 Å². The Hall–Kier alpha value is -1.67. The molecule has 1 saturated carbocycles. The first-order valence-corrected chi connectivity index (χ1v) is 7.91. The maximum atomic E-state index is 12.2. The Labute approximate surface area is 117 Å². The van der Waals surface area contributed by atoms with Crippen molar-refractivity contribution < 1.29 is 13.3 Å². The van der Waals surface area contributed by atoms with Gasteiger partial charge in [0.25, 0.3) is 5.69 Å². The molecule has 110 valence electrons. The number of benzene rings is 1. The van der Waals surface area contributed by atoms with Gasteiger partial charge in [-0.05, 0) is 25.0 Å². The van der Waals surface area contributed by atoms with Crippen LogP contribution in [0.5, 0.6) is 0 Å². The first-order chi connectivity index (χ1) is 9.44. The summed E-state index contributed by atoms with van der Waals surface area (Å²) in [5, 5.41) is 13.5. The number of nitro benzene ring substituents is 1. The van der Waals surface area contributed by atoms with Gasteiger partial charge >= 0.3 is 0 Å². The summed E-state index contributed by atoms with van der Waals surface area (Å²) in [6.45, 7) is 0. The highest BCUT2D eigenvalue weighted by molar-refractivity contribution is 7.89. The second kappa shape index (κ2) is 5.76. The van der Waals surface area contributed by atoms with Crippen molar-refractivity contribution in [2.75, 3.05) is 12.4 Å². The molecular weight excluding hydrogens is 282 g/mol. The first kappa shape index (κ1) is 14.7. The molecule has 0 amide bonds. The fraction of sp³-hybridized carbons (Fsp3) is 0.500. The lowest BCUT2D eigenvalue weighted by atomic mass is 10.3. The summed E-state index contributed by atoms with van der Waals surface area (Å²) < 4.78 is 27.1. The number of nitrogens with zero attached hydrogens (tertiary/aromatic N) is 1. The molecule has 0 spiro atoms. The van der Waals surface area contributed by atoms with Gasteiger partial charge in [0.2, 0.25) is 10.0 Å². The van der Waals surface area contributed by atoms with Gasteiger partial charge in [0.05, 0.1) is 9.82 Å². The number of rotatable bonds is 5. The molecule has 0 heterocycles. The molecular formula is C12H17N3O4S. The molecule has 1 fully saturated rings. The fourth-order valence-electron chi connectivity index (χ4n) is 2.37. The Morgan fingerprint density at radius 2 is 1.95 bits per heavy atom. The van der Waals surface area contributed by atoms with Crippen LogP contribution in [0.2, 0.25) is 0 Å². The molecule has 2 N–H and O–H groups in total. The molecule has 0 aliphatic heterocycles. The van der Waals surface area contributed by atoms with Crippen LogP contribution in [0, 0.1) is 10.1 Å². The molecule has 1 aromatic carbocycles. The molecule has 0 aromatic heterocycles. The Morgan fingerprint density at radius 1 is 1.30 bits per heavy atom. The van der Waals surface area contributed by atoms with E-state index in [1.807, 2.05) is 0 Å². The molecule has 1 aromatic rings. The minimum Gasteiger partial charge on any atom is -0.383 e. The minimum atomic E-state index is -3.63. The summed E-state index contributed by atoms with van der Waals surface area (Å²) in [6.07, 6.45) is 3.72. The molecule has 1 aliphatic rings. The van der Waals surface area contributed by atoms with Gasteiger partial charge in [-0.1, -0.05) is 12.8 Å². The van der Waals surface area contributed by atoms with E-state index in [4.69, 9.17) is 0 Å². The van der Waals surface area contributed by atoms with Gasteiger partial charge in [-0.3, -0.25) is 10.1 Å². The number of nitro groups is 1. The second-order valence-corrected chi connectivity index (χ2v) is 6.50. The van der Waals surface area contributed by atoms with E-state index < -0.39 is 14.9 Å². The highest BCUT2D eigenvalue weighted by atomic mass is 32.2. The summed E-state index contributed by atoms with van der Waals surface area (Å²) in [6, 6.07) is 3.72. The third kappa shape index (κ3) is 3.07. The molecule has 8 heteroatoms. The van der Waals surface area contributed by atoms with Gasteiger partial charge in [-0.15, -0.1) is 0 Å². The quantitative estimate of drug-likeness (QED) is 0.638. The van der Waals surface area contributed by atoms with Crippen LogP contribution in [-0.4, -0.2) is 26.4 Å². The SMILES string of the molecule is CNc1cc(S(=O)(=O)NC2CCCC2)ccc1[N+](=O)[O-]. The van der Waals surface area contributed by atoms with Crippen molar-refractivity contribution in [2.24, 2.45) is 0 Å². The molecule has 7 nitrogen and oxygen atoms in total. The number of hydrogen-bond acceptors (Lipinski definition) is 5. The van der Waals surface area contributed by atoms with E-state index in [2.05, 4.69) is 10.0 Å². The molecule has 0 bridgehead atoms. The zero-order valence-corrected chi connectivity index (χ0v) is 11.9. The van der Waals surface area contributed by atoms with Crippen LogP contribution in [0.15, 0.2) is 23.1 Å². The highest BCUT2D eigenvalue weighted by Gasteiger charge is 2.24. The Bertz CT molecular complexity index is 609. The zero-order chi connectivity index (χ0) is 14.8. The maximum Gasteiger partial charge on any atom is 0.292 e. The van der Waals surface area contributed by atoms with Crippen LogP contribution >= 0.6 is 0 Å². The van der Waals surface area contributed by atoms with E-state index in [0.717, 1.165) is 25.7 Å². The largest absolute Gasteiger partial charge is 0.383 e. The predicted molar refractivity (Wildman–Crippen MR) is 75.2 cm³/mol. The van der Waals surface area contributed by atoms with Crippen LogP contribution in [0.1, 0.15) is 25.7 Å². The molecule has 0 atom stereocenters. The monoisotopic (exact) mass is 299 g/mol. The van der Waals surface area contributed by atoms with E-state index in [1.54, 1.807) is 0 Å². The number of hydrogen-bond donors (Lipinski definition) is 2. The van der Waals surface area contributed by atoms with Gasteiger partial charge in [-0.25, -0.2) is 13.1 Å². The summed E-state index contributed by atoms with van der Waals surface area (Å²) >= 11 is 0. The number of nitrogens with one attached hydrogen (secondary N) is 2. The Kier molecular flexibility index (Phi) is 4.24. The number of anilines is 1. The molecule has 0 saturated heterocycles. The van der Waals surface area contributed by atoms with Crippen LogP contribution in [-0.2, 0) is 10.0 Å². The summed E-state index contributed by atoms with van der Waals surface area (Å²) in [4.78, 5) is 10.3. The van der Waals surface area contributed by atoms with E-state index in [0.29, 0.717) is 0 Å². The van der Waals surface area contributed by atoms with Crippen molar-refractivity contribution in [3.63, 3.8) is 0 Å². The molecule has 1 aliphatic carbocycles. The minimum absolute atomic E-state index is 0.0340. The lowest BCUT2D eigenvalue weighted by Crippen LogP contribution is -2.32. The topological polar surface area (TPSA) is 101 Å². The fourth-order valence-corrected chi connectivity index (χ4v) is 3.70. The van der Waals surface area contributed by atoms with E-state index in [1.165, 1.54) is 25.2 Å². The van der Waals surface area contributed by atoms with Crippen LogP contribution < -0.4 is 10.0 Å². The Balaban J connectivity index is 2.29. The average Bonchev–Trinajstić information content (AvgIpc) is 2.89. The van der Waals surface area contributed by atoms with Gasteiger partial charge in [0, 0.05) is 19.2 Å². The smallest absolute Gasteiger partial charge is 0.292 e. The van der Waals surface area contributed by atoms with E-state index in [9.17, 15) is 18.5 Å². The van der Waals surface area contributed by atoms with Crippen molar-refractivity contribution in [1.82, 2.24) is 4.72 Å². The van der Waals surface area contributed by atoms with Crippen molar-refractivity contribution in [3.05, 3.63) is 28.3 Å². The summed E-state index contributed by atoms with van der Waals surface area (Å²) in [5.41, 5.74) is 0.0385. The maximum absolute atomic E-state index is 12.2. The molecule has 0 radical (unpaired) electrons. The first-order valence-electron chi connectivity index (χ1n) is 6.42. The van der Waals surface area contributed by atoms with Gasteiger partial charge in [0.1, 0.15) is 5.69 Å². The zero-order valence-electron chi connectivity index (χ0n) is 11.1. The van der Waals surface area contributed by atoms with Gasteiger partial charge in [0.15, 0.2) is 0 Å². The summed E-state index contributed by atoms with van der Waals surface area (Å²) in [7, 11) is -2.11. The van der Waals surface area contributed by atoms with Crippen LogP contribution in [0.3, 0.4) is 0 Å². The third-order valence-electron chi connectivity index (χ3n) is 3.42. The van der Waals surface area contributed by atoms with Gasteiger partial charge in [-0.2, -0.15) is 0 Å². The Morgan fingerprint density at radius 3 is 2.50 bits per heavy atom.